The SMILES string of the molecule is O=C(Nc1ccccc1)Nc1ccc(NC(=O)c2ccnc(Cl)c2)cc1. The Labute approximate surface area is 155 Å². The highest BCUT2D eigenvalue weighted by Gasteiger charge is 2.07. The van der Waals surface area contributed by atoms with E-state index >= 15 is 0 Å². The van der Waals surface area contributed by atoms with E-state index < -0.39 is 0 Å². The van der Waals surface area contributed by atoms with Gasteiger partial charge in [-0.05, 0) is 48.5 Å². The van der Waals surface area contributed by atoms with Crippen molar-refractivity contribution < 1.29 is 9.59 Å². The highest BCUT2D eigenvalue weighted by Crippen LogP contribution is 2.16. The Kier molecular flexibility index (Phi) is 5.46. The number of nitrogens with one attached hydrogen (secondary N) is 3. The number of para-hydroxylation sites is 1. The second kappa shape index (κ2) is 8.13. The Hall–Kier alpha value is -3.38. The summed E-state index contributed by atoms with van der Waals surface area (Å²) in [4.78, 5) is 27.9. The number of urea groups is 1. The lowest BCUT2D eigenvalue weighted by molar-refractivity contribution is 0.102. The Bertz CT molecular complexity index is 914. The van der Waals surface area contributed by atoms with Crippen molar-refractivity contribution in [2.45, 2.75) is 0 Å². The van der Waals surface area contributed by atoms with Crippen LogP contribution in [-0.4, -0.2) is 16.9 Å². The number of benzene rings is 2. The van der Waals surface area contributed by atoms with Gasteiger partial charge in [-0.1, -0.05) is 29.8 Å². The number of hydrogen-bond donors (Lipinski definition) is 3. The monoisotopic (exact) mass is 366 g/mol. The lowest BCUT2D eigenvalue weighted by atomic mass is 10.2. The van der Waals surface area contributed by atoms with Gasteiger partial charge in [0.05, 0.1) is 0 Å². The van der Waals surface area contributed by atoms with Gasteiger partial charge in [0.15, 0.2) is 0 Å². The zero-order valence-corrected chi connectivity index (χ0v) is 14.3. The molecule has 0 radical (unpaired) electrons. The lowest BCUT2D eigenvalue weighted by Crippen LogP contribution is -2.19. The molecule has 0 saturated heterocycles. The predicted molar refractivity (Wildman–Crippen MR) is 103 cm³/mol. The Morgan fingerprint density at radius 3 is 1.96 bits per heavy atom. The minimum atomic E-state index is -0.348. The molecule has 0 aliphatic heterocycles. The van der Waals surface area contributed by atoms with Gasteiger partial charge in [0.25, 0.3) is 5.91 Å². The summed E-state index contributed by atoms with van der Waals surface area (Å²) < 4.78 is 0. The molecule has 0 fully saturated rings. The van der Waals surface area contributed by atoms with E-state index in [0.717, 1.165) is 0 Å². The van der Waals surface area contributed by atoms with Gasteiger partial charge in [-0.25, -0.2) is 9.78 Å². The van der Waals surface area contributed by atoms with Crippen LogP contribution in [0, 0.1) is 0 Å². The number of amides is 3. The van der Waals surface area contributed by atoms with Crippen molar-refractivity contribution in [2.24, 2.45) is 0 Å². The Balaban J connectivity index is 1.58. The molecule has 0 bridgehead atoms. The van der Waals surface area contributed by atoms with Crippen LogP contribution in [0.1, 0.15) is 10.4 Å². The van der Waals surface area contributed by atoms with E-state index in [-0.39, 0.29) is 17.1 Å². The fourth-order valence-electron chi connectivity index (χ4n) is 2.20. The lowest BCUT2D eigenvalue weighted by Gasteiger charge is -2.09. The number of carbonyl (C=O) groups excluding carboxylic acids is 2. The number of rotatable bonds is 4. The van der Waals surface area contributed by atoms with Gasteiger partial charge < -0.3 is 16.0 Å². The molecular weight excluding hydrogens is 352 g/mol. The van der Waals surface area contributed by atoms with Crippen LogP contribution in [0.4, 0.5) is 21.9 Å². The molecule has 6 nitrogen and oxygen atoms in total. The van der Waals surface area contributed by atoms with Crippen molar-refractivity contribution in [3.05, 3.63) is 83.6 Å². The van der Waals surface area contributed by atoms with Crippen LogP contribution in [0.2, 0.25) is 5.15 Å². The fourth-order valence-corrected chi connectivity index (χ4v) is 2.37. The van der Waals surface area contributed by atoms with E-state index in [4.69, 9.17) is 11.6 Å². The van der Waals surface area contributed by atoms with E-state index in [1.165, 1.54) is 12.3 Å². The molecule has 0 atom stereocenters. The molecule has 2 aromatic carbocycles. The van der Waals surface area contributed by atoms with E-state index in [0.29, 0.717) is 22.6 Å². The molecule has 0 saturated carbocycles. The van der Waals surface area contributed by atoms with E-state index in [1.807, 2.05) is 18.2 Å². The largest absolute Gasteiger partial charge is 0.323 e. The summed E-state index contributed by atoms with van der Waals surface area (Å²) in [6.45, 7) is 0. The van der Waals surface area contributed by atoms with Crippen molar-refractivity contribution in [3.8, 4) is 0 Å². The van der Waals surface area contributed by atoms with Gasteiger partial charge in [-0.3, -0.25) is 4.79 Å². The van der Waals surface area contributed by atoms with Crippen molar-refractivity contribution >= 4 is 40.6 Å². The summed E-state index contributed by atoms with van der Waals surface area (Å²) in [5.74, 6) is -0.295. The van der Waals surface area contributed by atoms with Crippen LogP contribution in [0.5, 0.6) is 0 Å². The average molecular weight is 367 g/mol. The number of carbonyl (C=O) groups is 2. The highest BCUT2D eigenvalue weighted by atomic mass is 35.5. The zero-order valence-electron chi connectivity index (χ0n) is 13.6. The molecule has 130 valence electrons. The molecule has 0 aliphatic carbocycles. The minimum Gasteiger partial charge on any atom is -0.322 e. The molecule has 0 aliphatic rings. The molecule has 7 heteroatoms. The summed E-state index contributed by atoms with van der Waals surface area (Å²) in [7, 11) is 0. The van der Waals surface area contributed by atoms with Crippen LogP contribution < -0.4 is 16.0 Å². The first kappa shape index (κ1) is 17.4. The predicted octanol–water partition coefficient (Wildman–Crippen LogP) is 4.63. The molecule has 0 unspecified atom stereocenters. The van der Waals surface area contributed by atoms with Crippen LogP contribution in [-0.2, 0) is 0 Å². The molecule has 26 heavy (non-hydrogen) atoms. The highest BCUT2D eigenvalue weighted by molar-refractivity contribution is 6.29. The van der Waals surface area contributed by atoms with E-state index in [1.54, 1.807) is 42.5 Å². The van der Waals surface area contributed by atoms with E-state index in [2.05, 4.69) is 20.9 Å². The van der Waals surface area contributed by atoms with Gasteiger partial charge in [0.1, 0.15) is 5.15 Å². The standard InChI is InChI=1S/C19H15ClN4O2/c20-17-12-13(10-11-21-17)18(25)22-15-6-8-16(9-7-15)24-19(26)23-14-4-2-1-3-5-14/h1-12H,(H,22,25)(H2,23,24,26). The topological polar surface area (TPSA) is 83.1 Å². The molecule has 3 N–H and O–H groups in total. The summed E-state index contributed by atoms with van der Waals surface area (Å²) >= 11 is 5.78. The van der Waals surface area contributed by atoms with Crippen LogP contribution in [0.25, 0.3) is 0 Å². The van der Waals surface area contributed by atoms with Gasteiger partial charge in [0.2, 0.25) is 0 Å². The number of halogens is 1. The maximum atomic E-state index is 12.2. The first-order valence-electron chi connectivity index (χ1n) is 7.76. The summed E-state index contributed by atoms with van der Waals surface area (Å²) in [5, 5.41) is 8.45. The molecule has 1 aromatic heterocycles. The van der Waals surface area contributed by atoms with E-state index in [9.17, 15) is 9.59 Å². The number of pyridine rings is 1. The second-order valence-electron chi connectivity index (χ2n) is 5.34. The third-order valence-corrected chi connectivity index (χ3v) is 3.63. The van der Waals surface area contributed by atoms with Crippen molar-refractivity contribution in [1.29, 1.82) is 0 Å². The minimum absolute atomic E-state index is 0.252. The number of hydrogen-bond acceptors (Lipinski definition) is 3. The summed E-state index contributed by atoms with van der Waals surface area (Å²) in [6.07, 6.45) is 1.47. The van der Waals surface area contributed by atoms with Crippen LogP contribution >= 0.6 is 11.6 Å². The zero-order chi connectivity index (χ0) is 18.4. The first-order valence-corrected chi connectivity index (χ1v) is 8.14. The molecule has 3 rings (SSSR count). The van der Waals surface area contributed by atoms with Crippen LogP contribution in [0.3, 0.4) is 0 Å². The maximum Gasteiger partial charge on any atom is 0.323 e. The third-order valence-electron chi connectivity index (χ3n) is 3.42. The summed E-state index contributed by atoms with van der Waals surface area (Å²) in [6, 6.07) is 18.6. The van der Waals surface area contributed by atoms with Crippen molar-refractivity contribution in [1.82, 2.24) is 4.98 Å². The van der Waals surface area contributed by atoms with Gasteiger partial charge >= 0.3 is 6.03 Å². The molecule has 3 aromatic rings. The first-order chi connectivity index (χ1) is 12.6. The smallest absolute Gasteiger partial charge is 0.322 e. The van der Waals surface area contributed by atoms with Crippen molar-refractivity contribution in [2.75, 3.05) is 16.0 Å². The molecular formula is C19H15ClN4O2. The fraction of sp³-hybridized carbons (Fsp3) is 0. The van der Waals surface area contributed by atoms with Gasteiger partial charge in [0, 0.05) is 28.8 Å². The molecule has 3 amide bonds. The Morgan fingerprint density at radius 1 is 0.769 bits per heavy atom. The summed E-state index contributed by atoms with van der Waals surface area (Å²) in [5.41, 5.74) is 2.31. The van der Waals surface area contributed by atoms with Crippen molar-refractivity contribution in [3.63, 3.8) is 0 Å². The van der Waals surface area contributed by atoms with Gasteiger partial charge in [-0.15, -0.1) is 0 Å². The quantitative estimate of drug-likeness (QED) is 0.588. The number of nitrogens with zero attached hydrogens (tertiary/aromatic N) is 1. The third kappa shape index (κ3) is 4.81. The normalized spacial score (nSPS) is 10.0. The second-order valence-corrected chi connectivity index (χ2v) is 5.73. The number of aromatic nitrogens is 1. The molecule has 0 spiro atoms. The van der Waals surface area contributed by atoms with Crippen LogP contribution in [0.15, 0.2) is 72.9 Å². The molecule has 1 heterocycles. The average Bonchev–Trinajstić information content (AvgIpc) is 2.64. The number of anilines is 3. The maximum absolute atomic E-state index is 12.2. The van der Waals surface area contributed by atoms with Gasteiger partial charge in [-0.2, -0.15) is 0 Å². The Morgan fingerprint density at radius 2 is 1.35 bits per heavy atom.